The highest BCUT2D eigenvalue weighted by Crippen LogP contribution is 2.16. The van der Waals surface area contributed by atoms with E-state index in [9.17, 15) is 9.59 Å². The Bertz CT molecular complexity index is 722. The number of aryl methyl sites for hydroxylation is 2. The monoisotopic (exact) mass is 287 g/mol. The second-order valence-corrected chi connectivity index (χ2v) is 4.72. The molecule has 6 nitrogen and oxygen atoms in total. The number of hydrogen-bond acceptors (Lipinski definition) is 4. The Morgan fingerprint density at radius 1 is 1.38 bits per heavy atom. The van der Waals surface area contributed by atoms with E-state index in [1.807, 2.05) is 31.2 Å². The van der Waals surface area contributed by atoms with Crippen LogP contribution in [-0.2, 0) is 17.8 Å². The second-order valence-electron chi connectivity index (χ2n) is 4.72. The molecule has 0 atom stereocenters. The quantitative estimate of drug-likeness (QED) is 0.878. The molecule has 0 saturated carbocycles. The Hall–Kier alpha value is -2.63. The smallest absolute Gasteiger partial charge is 0.323 e. The minimum absolute atomic E-state index is 0.232. The summed E-state index contributed by atoms with van der Waals surface area (Å²) in [5, 5.41) is 11.9. The van der Waals surface area contributed by atoms with Crippen molar-refractivity contribution in [2.45, 2.75) is 26.8 Å². The summed E-state index contributed by atoms with van der Waals surface area (Å²) in [6.07, 6.45) is 0.888. The summed E-state index contributed by atoms with van der Waals surface area (Å²) < 4.78 is 1.11. The van der Waals surface area contributed by atoms with E-state index in [1.54, 1.807) is 6.92 Å². The van der Waals surface area contributed by atoms with Crippen molar-refractivity contribution in [1.29, 1.82) is 0 Å². The van der Waals surface area contributed by atoms with Crippen LogP contribution in [0.4, 0.5) is 11.6 Å². The van der Waals surface area contributed by atoms with E-state index in [0.29, 0.717) is 5.69 Å². The molecule has 110 valence electrons. The van der Waals surface area contributed by atoms with Crippen molar-refractivity contribution in [3.63, 3.8) is 0 Å². The summed E-state index contributed by atoms with van der Waals surface area (Å²) in [6.45, 7) is 3.31. The molecule has 0 aliphatic carbocycles. The van der Waals surface area contributed by atoms with Gasteiger partial charge in [0.1, 0.15) is 6.54 Å². The number of anilines is 2. The van der Waals surface area contributed by atoms with Gasteiger partial charge in [0.15, 0.2) is 0 Å². The van der Waals surface area contributed by atoms with Crippen molar-refractivity contribution in [3.8, 4) is 0 Å². The number of carboxylic acids is 1. The first-order valence-corrected chi connectivity index (χ1v) is 6.66. The van der Waals surface area contributed by atoms with Gasteiger partial charge in [-0.1, -0.05) is 19.1 Å². The first-order valence-electron chi connectivity index (χ1n) is 6.66. The molecular formula is C15H17N3O3. The Morgan fingerprint density at radius 2 is 2.14 bits per heavy atom. The topological polar surface area (TPSA) is 84.2 Å². The van der Waals surface area contributed by atoms with Gasteiger partial charge in [-0.25, -0.2) is 4.98 Å². The number of nitrogens with one attached hydrogen (secondary N) is 1. The van der Waals surface area contributed by atoms with E-state index in [0.717, 1.165) is 22.2 Å². The van der Waals surface area contributed by atoms with Crippen molar-refractivity contribution in [1.82, 2.24) is 9.55 Å². The standard InChI is InChI=1S/C15H17N3O3/c1-3-11-5-4-6-12(8-11)17-15-16-10(2)7-13(19)18(15)9-14(20)21/h4-8H,3,9H2,1-2H3,(H,16,17)(H,20,21). The highest BCUT2D eigenvalue weighted by Gasteiger charge is 2.10. The second kappa shape index (κ2) is 6.21. The molecule has 2 aromatic rings. The molecule has 0 radical (unpaired) electrons. The van der Waals surface area contributed by atoms with Gasteiger partial charge in [-0.2, -0.15) is 0 Å². The molecule has 0 spiro atoms. The van der Waals surface area contributed by atoms with Crippen molar-refractivity contribution in [3.05, 3.63) is 51.9 Å². The number of nitrogens with zero attached hydrogens (tertiary/aromatic N) is 2. The van der Waals surface area contributed by atoms with E-state index in [-0.39, 0.29) is 11.5 Å². The van der Waals surface area contributed by atoms with E-state index >= 15 is 0 Å². The molecule has 6 heteroatoms. The zero-order chi connectivity index (χ0) is 15.4. The van der Waals surface area contributed by atoms with E-state index in [4.69, 9.17) is 5.11 Å². The van der Waals surface area contributed by atoms with Crippen molar-refractivity contribution >= 4 is 17.6 Å². The van der Waals surface area contributed by atoms with E-state index in [1.165, 1.54) is 6.07 Å². The number of carboxylic acid groups (broad SMARTS) is 1. The number of carbonyl (C=O) groups is 1. The van der Waals surface area contributed by atoms with Gasteiger partial charge in [0, 0.05) is 17.4 Å². The van der Waals surface area contributed by atoms with Gasteiger partial charge in [0.2, 0.25) is 5.95 Å². The van der Waals surface area contributed by atoms with Crippen molar-refractivity contribution in [2.75, 3.05) is 5.32 Å². The molecule has 2 N–H and O–H groups in total. The molecule has 0 unspecified atom stereocenters. The minimum atomic E-state index is -1.09. The van der Waals surface area contributed by atoms with Crippen LogP contribution in [0.25, 0.3) is 0 Å². The molecule has 2 rings (SSSR count). The number of aromatic nitrogens is 2. The number of hydrogen-bond donors (Lipinski definition) is 2. The van der Waals surface area contributed by atoms with E-state index < -0.39 is 12.5 Å². The van der Waals surface area contributed by atoms with Crippen LogP contribution in [0.3, 0.4) is 0 Å². The lowest BCUT2D eigenvalue weighted by Crippen LogP contribution is -2.27. The summed E-state index contributed by atoms with van der Waals surface area (Å²) in [6, 6.07) is 9.00. The highest BCUT2D eigenvalue weighted by molar-refractivity contribution is 5.67. The zero-order valence-corrected chi connectivity index (χ0v) is 12.0. The van der Waals surface area contributed by atoms with Crippen LogP contribution in [0, 0.1) is 6.92 Å². The lowest BCUT2D eigenvalue weighted by molar-refractivity contribution is -0.137. The molecular weight excluding hydrogens is 270 g/mol. The van der Waals surface area contributed by atoms with Gasteiger partial charge in [0.05, 0.1) is 0 Å². The Labute approximate surface area is 122 Å². The average molecular weight is 287 g/mol. The van der Waals surface area contributed by atoms with Gasteiger partial charge in [0.25, 0.3) is 5.56 Å². The predicted molar refractivity (Wildman–Crippen MR) is 80.0 cm³/mol. The van der Waals surface area contributed by atoms with Crippen LogP contribution in [0.15, 0.2) is 35.1 Å². The van der Waals surface area contributed by atoms with Crippen molar-refractivity contribution in [2.24, 2.45) is 0 Å². The molecule has 21 heavy (non-hydrogen) atoms. The summed E-state index contributed by atoms with van der Waals surface area (Å²) in [4.78, 5) is 27.1. The van der Waals surface area contributed by atoms with Gasteiger partial charge in [-0.05, 0) is 31.0 Å². The molecule has 0 saturated heterocycles. The molecule has 0 amide bonds. The molecule has 0 fully saturated rings. The highest BCUT2D eigenvalue weighted by atomic mass is 16.4. The van der Waals surface area contributed by atoms with Gasteiger partial charge in [-0.15, -0.1) is 0 Å². The Morgan fingerprint density at radius 3 is 2.81 bits per heavy atom. The SMILES string of the molecule is CCc1cccc(Nc2nc(C)cc(=O)n2CC(=O)O)c1. The number of rotatable bonds is 5. The predicted octanol–water partition coefficient (Wildman–Crippen LogP) is 1.94. The van der Waals surface area contributed by atoms with Gasteiger partial charge >= 0.3 is 5.97 Å². The Balaban J connectivity index is 2.42. The molecule has 0 aliphatic heterocycles. The molecule has 1 heterocycles. The molecule has 0 aliphatic rings. The fourth-order valence-corrected chi connectivity index (χ4v) is 2.00. The normalized spacial score (nSPS) is 10.4. The largest absolute Gasteiger partial charge is 0.480 e. The lowest BCUT2D eigenvalue weighted by Gasteiger charge is -2.13. The number of benzene rings is 1. The van der Waals surface area contributed by atoms with E-state index in [2.05, 4.69) is 10.3 Å². The first-order chi connectivity index (χ1) is 9.99. The maximum atomic E-state index is 11.9. The van der Waals surface area contributed by atoms with Crippen LogP contribution < -0.4 is 10.9 Å². The van der Waals surface area contributed by atoms with Crippen LogP contribution in [0.5, 0.6) is 0 Å². The Kier molecular flexibility index (Phi) is 4.37. The van der Waals surface area contributed by atoms with Crippen LogP contribution >= 0.6 is 0 Å². The fourth-order valence-electron chi connectivity index (χ4n) is 2.00. The number of aliphatic carboxylic acids is 1. The third-order valence-corrected chi connectivity index (χ3v) is 3.02. The minimum Gasteiger partial charge on any atom is -0.480 e. The molecule has 1 aromatic carbocycles. The van der Waals surface area contributed by atoms with Crippen LogP contribution in [0.1, 0.15) is 18.2 Å². The lowest BCUT2D eigenvalue weighted by atomic mass is 10.1. The third-order valence-electron chi connectivity index (χ3n) is 3.02. The third kappa shape index (κ3) is 3.68. The van der Waals surface area contributed by atoms with Crippen LogP contribution in [-0.4, -0.2) is 20.6 Å². The summed E-state index contributed by atoms with van der Waals surface area (Å²) in [7, 11) is 0. The maximum absolute atomic E-state index is 11.9. The summed E-state index contributed by atoms with van der Waals surface area (Å²) >= 11 is 0. The molecule has 0 bridgehead atoms. The average Bonchev–Trinajstić information content (AvgIpc) is 2.42. The molecule has 1 aromatic heterocycles. The van der Waals surface area contributed by atoms with Crippen LogP contribution in [0.2, 0.25) is 0 Å². The first kappa shape index (κ1) is 14.8. The van der Waals surface area contributed by atoms with Gasteiger partial charge in [-0.3, -0.25) is 14.2 Å². The van der Waals surface area contributed by atoms with Crippen molar-refractivity contribution < 1.29 is 9.90 Å². The fraction of sp³-hybridized carbons (Fsp3) is 0.267. The van der Waals surface area contributed by atoms with Gasteiger partial charge < -0.3 is 10.4 Å². The maximum Gasteiger partial charge on any atom is 0.323 e. The summed E-state index contributed by atoms with van der Waals surface area (Å²) in [5.41, 5.74) is 2.06. The zero-order valence-electron chi connectivity index (χ0n) is 12.0. The summed E-state index contributed by atoms with van der Waals surface area (Å²) in [5.74, 6) is -0.858.